The van der Waals surface area contributed by atoms with Gasteiger partial charge >= 0.3 is 0 Å². The minimum absolute atomic E-state index is 0.482. The molecule has 5 nitrogen and oxygen atoms in total. The molecule has 0 aliphatic carbocycles. The first kappa shape index (κ1) is 16.0. The Morgan fingerprint density at radius 3 is 2.46 bits per heavy atom. The number of hydrogen-bond donors (Lipinski definition) is 2. The summed E-state index contributed by atoms with van der Waals surface area (Å²) >= 11 is 3.52. The maximum atomic E-state index is 8.82. The largest absolute Gasteiger partial charge is 0.340 e. The third-order valence-corrected chi connectivity index (χ3v) is 4.22. The van der Waals surface area contributed by atoms with Crippen molar-refractivity contribution in [3.63, 3.8) is 0 Å². The normalized spacial score (nSPS) is 10.0. The van der Waals surface area contributed by atoms with Gasteiger partial charge in [0.25, 0.3) is 0 Å². The van der Waals surface area contributed by atoms with Crippen molar-refractivity contribution in [2.45, 2.75) is 6.92 Å². The maximum Gasteiger partial charge on any atom is 0.229 e. The van der Waals surface area contributed by atoms with E-state index >= 15 is 0 Å². The van der Waals surface area contributed by atoms with Gasteiger partial charge in [-0.05, 0) is 55.0 Å². The number of nitrogens with one attached hydrogen (secondary N) is 2. The summed E-state index contributed by atoms with van der Waals surface area (Å²) < 4.78 is 1.04. The summed E-state index contributed by atoms with van der Waals surface area (Å²) in [6.07, 6.45) is 1.69. The van der Waals surface area contributed by atoms with Crippen molar-refractivity contribution in [3.8, 4) is 6.07 Å². The van der Waals surface area contributed by atoms with Crippen LogP contribution in [0.25, 0.3) is 0 Å². The molecule has 0 bridgehead atoms. The average molecular weight is 380 g/mol. The van der Waals surface area contributed by atoms with E-state index in [0.29, 0.717) is 17.3 Å². The van der Waals surface area contributed by atoms with Crippen LogP contribution in [0.4, 0.5) is 23.1 Å². The van der Waals surface area contributed by atoms with Crippen molar-refractivity contribution in [2.75, 3.05) is 10.6 Å². The highest BCUT2D eigenvalue weighted by molar-refractivity contribution is 9.10. The van der Waals surface area contributed by atoms with Gasteiger partial charge in [-0.3, -0.25) is 0 Å². The third kappa shape index (κ3) is 3.89. The van der Waals surface area contributed by atoms with Crippen molar-refractivity contribution in [2.24, 2.45) is 0 Å². The number of aromatic nitrogens is 2. The summed E-state index contributed by atoms with van der Waals surface area (Å²) in [6, 6.07) is 17.1. The van der Waals surface area contributed by atoms with E-state index in [2.05, 4.69) is 42.6 Å². The number of aryl methyl sites for hydroxylation is 1. The maximum absolute atomic E-state index is 8.82. The minimum atomic E-state index is 0.482. The zero-order valence-corrected chi connectivity index (χ0v) is 14.5. The van der Waals surface area contributed by atoms with Gasteiger partial charge in [0.2, 0.25) is 5.95 Å². The average Bonchev–Trinajstić information content (AvgIpc) is 2.59. The zero-order chi connectivity index (χ0) is 16.9. The number of halogens is 1. The van der Waals surface area contributed by atoms with Crippen molar-refractivity contribution >= 4 is 39.1 Å². The zero-order valence-electron chi connectivity index (χ0n) is 12.9. The Balaban J connectivity index is 1.75. The molecule has 0 saturated heterocycles. The van der Waals surface area contributed by atoms with Crippen LogP contribution >= 0.6 is 15.9 Å². The number of benzene rings is 2. The number of anilines is 4. The number of hydrogen-bond acceptors (Lipinski definition) is 5. The van der Waals surface area contributed by atoms with Crippen molar-refractivity contribution in [1.82, 2.24) is 9.97 Å². The van der Waals surface area contributed by atoms with Crippen LogP contribution in [0.15, 0.2) is 59.2 Å². The first-order chi connectivity index (χ1) is 11.6. The van der Waals surface area contributed by atoms with E-state index in [1.807, 2.05) is 37.3 Å². The molecule has 0 spiro atoms. The highest BCUT2D eigenvalue weighted by Crippen LogP contribution is 2.23. The van der Waals surface area contributed by atoms with Crippen molar-refractivity contribution in [1.29, 1.82) is 5.26 Å². The standard InChI is InChI=1S/C18H14BrN5/c1-12-2-5-15(10-16(12)19)22-17-8-9-21-18(24-17)23-14-6-3-13(11-20)4-7-14/h2-10H,1H3,(H2,21,22,23,24). The molecule has 6 heteroatoms. The lowest BCUT2D eigenvalue weighted by Crippen LogP contribution is -2.00. The molecule has 118 valence electrons. The minimum Gasteiger partial charge on any atom is -0.340 e. The molecule has 0 atom stereocenters. The number of nitrogens with zero attached hydrogens (tertiary/aromatic N) is 3. The molecular formula is C18H14BrN5. The van der Waals surface area contributed by atoms with E-state index in [-0.39, 0.29) is 0 Å². The molecule has 1 heterocycles. The van der Waals surface area contributed by atoms with Gasteiger partial charge in [0.15, 0.2) is 0 Å². The van der Waals surface area contributed by atoms with Crippen LogP contribution in [0.1, 0.15) is 11.1 Å². The van der Waals surface area contributed by atoms with Gasteiger partial charge in [0.1, 0.15) is 5.82 Å². The highest BCUT2D eigenvalue weighted by atomic mass is 79.9. The molecule has 0 aliphatic rings. The molecule has 2 N–H and O–H groups in total. The summed E-state index contributed by atoms with van der Waals surface area (Å²) in [6.45, 7) is 2.04. The van der Waals surface area contributed by atoms with Crippen LogP contribution in [-0.4, -0.2) is 9.97 Å². The van der Waals surface area contributed by atoms with Crippen LogP contribution < -0.4 is 10.6 Å². The smallest absolute Gasteiger partial charge is 0.229 e. The first-order valence-corrected chi connectivity index (χ1v) is 8.07. The molecule has 0 saturated carbocycles. The van der Waals surface area contributed by atoms with E-state index in [0.717, 1.165) is 15.8 Å². The summed E-state index contributed by atoms with van der Waals surface area (Å²) in [5, 5.41) is 15.2. The van der Waals surface area contributed by atoms with Gasteiger partial charge in [0.05, 0.1) is 11.6 Å². The molecule has 3 rings (SSSR count). The van der Waals surface area contributed by atoms with Crippen molar-refractivity contribution < 1.29 is 0 Å². The molecule has 0 radical (unpaired) electrons. The van der Waals surface area contributed by atoms with Crippen LogP contribution in [-0.2, 0) is 0 Å². The van der Waals surface area contributed by atoms with Gasteiger partial charge < -0.3 is 10.6 Å². The number of rotatable bonds is 4. The van der Waals surface area contributed by atoms with E-state index in [1.165, 1.54) is 5.56 Å². The fourth-order valence-corrected chi connectivity index (χ4v) is 2.44. The molecule has 0 unspecified atom stereocenters. The Hall–Kier alpha value is -2.91. The Kier molecular flexibility index (Phi) is 4.73. The summed E-state index contributed by atoms with van der Waals surface area (Å²) in [4.78, 5) is 8.66. The van der Waals surface area contributed by atoms with E-state index in [9.17, 15) is 0 Å². The van der Waals surface area contributed by atoms with Gasteiger partial charge in [-0.15, -0.1) is 0 Å². The van der Waals surface area contributed by atoms with Gasteiger partial charge in [0, 0.05) is 22.0 Å². The Labute approximate surface area is 148 Å². The van der Waals surface area contributed by atoms with Gasteiger partial charge in [-0.1, -0.05) is 22.0 Å². The third-order valence-electron chi connectivity index (χ3n) is 3.37. The Bertz CT molecular complexity index is 900. The molecule has 0 amide bonds. The Morgan fingerprint density at radius 1 is 1.00 bits per heavy atom. The molecule has 2 aromatic carbocycles. The second kappa shape index (κ2) is 7.11. The molecule has 1 aromatic heterocycles. The topological polar surface area (TPSA) is 73.6 Å². The van der Waals surface area contributed by atoms with Crippen LogP contribution in [0, 0.1) is 18.3 Å². The molecule has 24 heavy (non-hydrogen) atoms. The molecular weight excluding hydrogens is 366 g/mol. The van der Waals surface area contributed by atoms with Crippen molar-refractivity contribution in [3.05, 3.63) is 70.3 Å². The lowest BCUT2D eigenvalue weighted by Gasteiger charge is -2.09. The molecule has 3 aromatic rings. The SMILES string of the molecule is Cc1ccc(Nc2ccnc(Nc3ccc(C#N)cc3)n2)cc1Br. The first-order valence-electron chi connectivity index (χ1n) is 7.27. The molecule has 0 fully saturated rings. The summed E-state index contributed by atoms with van der Waals surface area (Å²) in [5.41, 5.74) is 3.55. The summed E-state index contributed by atoms with van der Waals surface area (Å²) in [7, 11) is 0. The lowest BCUT2D eigenvalue weighted by atomic mass is 10.2. The fourth-order valence-electron chi connectivity index (χ4n) is 2.06. The molecule has 0 aliphatic heterocycles. The second-order valence-corrected chi connectivity index (χ2v) is 6.02. The van der Waals surface area contributed by atoms with E-state index < -0.39 is 0 Å². The van der Waals surface area contributed by atoms with Crippen LogP contribution in [0.5, 0.6) is 0 Å². The van der Waals surface area contributed by atoms with E-state index in [4.69, 9.17) is 5.26 Å². The predicted octanol–water partition coefficient (Wildman–Crippen LogP) is 4.91. The monoisotopic (exact) mass is 379 g/mol. The number of nitriles is 1. The quantitative estimate of drug-likeness (QED) is 0.673. The highest BCUT2D eigenvalue weighted by Gasteiger charge is 2.03. The van der Waals surface area contributed by atoms with Crippen LogP contribution in [0.3, 0.4) is 0 Å². The fraction of sp³-hybridized carbons (Fsp3) is 0.0556. The second-order valence-electron chi connectivity index (χ2n) is 5.17. The predicted molar refractivity (Wildman–Crippen MR) is 98.6 cm³/mol. The van der Waals surface area contributed by atoms with Crippen LogP contribution in [0.2, 0.25) is 0 Å². The lowest BCUT2D eigenvalue weighted by molar-refractivity contribution is 1.16. The van der Waals surface area contributed by atoms with Gasteiger partial charge in [-0.2, -0.15) is 10.2 Å². The summed E-state index contributed by atoms with van der Waals surface area (Å²) in [5.74, 6) is 1.17. The van der Waals surface area contributed by atoms with Gasteiger partial charge in [-0.25, -0.2) is 4.98 Å². The Morgan fingerprint density at radius 2 is 1.75 bits per heavy atom. The van der Waals surface area contributed by atoms with E-state index in [1.54, 1.807) is 24.4 Å².